The molecule has 0 fully saturated rings. The first-order valence-electron chi connectivity index (χ1n) is 7.18. The van der Waals surface area contributed by atoms with E-state index in [2.05, 4.69) is 44.1 Å². The predicted molar refractivity (Wildman–Crippen MR) is 83.9 cm³/mol. The highest BCUT2D eigenvalue weighted by Crippen LogP contribution is 2.32. The molecule has 1 heterocycles. The predicted octanol–water partition coefficient (Wildman–Crippen LogP) is 4.80. The zero-order valence-electron chi connectivity index (χ0n) is 13.0. The Labute approximate surface area is 120 Å². The molecule has 20 heavy (non-hydrogen) atoms. The van der Waals surface area contributed by atoms with Crippen LogP contribution in [-0.2, 0) is 5.41 Å². The number of pyridine rings is 1. The van der Waals surface area contributed by atoms with Crippen LogP contribution < -0.4 is 5.32 Å². The highest BCUT2D eigenvalue weighted by molar-refractivity contribution is 5.94. The van der Waals surface area contributed by atoms with Gasteiger partial charge in [0.15, 0.2) is 0 Å². The van der Waals surface area contributed by atoms with Crippen LogP contribution in [-0.4, -0.2) is 11.5 Å². The maximum Gasteiger partial charge on any atom is 0.149 e. The largest absolute Gasteiger partial charge is 0.384 e. The van der Waals surface area contributed by atoms with E-state index < -0.39 is 0 Å². The van der Waals surface area contributed by atoms with Crippen molar-refractivity contribution in [1.82, 2.24) is 4.98 Å². The molecule has 0 saturated heterocycles. The molecule has 1 aromatic heterocycles. The summed E-state index contributed by atoms with van der Waals surface area (Å²) in [6.07, 6.45) is 1.03. The summed E-state index contributed by atoms with van der Waals surface area (Å²) in [6, 6.07) is 5.37. The molecule has 1 N–H and O–H groups in total. The van der Waals surface area contributed by atoms with Gasteiger partial charge >= 0.3 is 0 Å². The Kier molecular flexibility index (Phi) is 3.98. The van der Waals surface area contributed by atoms with Crippen LogP contribution in [0.25, 0.3) is 10.9 Å². The SMILES string of the molecule is CCCNc1cc(C(C)(C)C)nc2c(F)ccc(C)c12. The number of nitrogens with one attached hydrogen (secondary N) is 1. The third-order valence-corrected chi connectivity index (χ3v) is 3.45. The topological polar surface area (TPSA) is 24.9 Å². The number of anilines is 1. The second-order valence-electron chi connectivity index (χ2n) is 6.32. The molecule has 0 aliphatic heterocycles. The van der Waals surface area contributed by atoms with E-state index >= 15 is 0 Å². The third-order valence-electron chi connectivity index (χ3n) is 3.45. The summed E-state index contributed by atoms with van der Waals surface area (Å²) in [4.78, 5) is 4.56. The van der Waals surface area contributed by atoms with Crippen molar-refractivity contribution in [2.75, 3.05) is 11.9 Å². The van der Waals surface area contributed by atoms with Gasteiger partial charge in [0.2, 0.25) is 0 Å². The minimum absolute atomic E-state index is 0.104. The standard InChI is InChI=1S/C17H23FN2/c1-6-9-19-13-10-14(17(3,4)5)20-16-12(18)8-7-11(2)15(13)16/h7-8,10H,6,9H2,1-5H3,(H,19,20). The van der Waals surface area contributed by atoms with E-state index in [0.29, 0.717) is 5.52 Å². The highest BCUT2D eigenvalue weighted by Gasteiger charge is 2.19. The molecule has 2 aromatic rings. The van der Waals surface area contributed by atoms with Gasteiger partial charge in [-0.3, -0.25) is 0 Å². The monoisotopic (exact) mass is 274 g/mol. The summed E-state index contributed by atoms with van der Waals surface area (Å²) in [6.45, 7) is 11.3. The Morgan fingerprint density at radius 3 is 2.55 bits per heavy atom. The van der Waals surface area contributed by atoms with Crippen molar-refractivity contribution in [2.45, 2.75) is 46.5 Å². The van der Waals surface area contributed by atoms with E-state index in [9.17, 15) is 4.39 Å². The van der Waals surface area contributed by atoms with Gasteiger partial charge in [0, 0.05) is 28.7 Å². The lowest BCUT2D eigenvalue weighted by atomic mass is 9.90. The minimum atomic E-state index is -0.253. The van der Waals surface area contributed by atoms with Crippen molar-refractivity contribution in [3.8, 4) is 0 Å². The molecule has 0 radical (unpaired) electrons. The smallest absolute Gasteiger partial charge is 0.149 e. The molecule has 3 heteroatoms. The van der Waals surface area contributed by atoms with Crippen LogP contribution in [0.15, 0.2) is 18.2 Å². The first-order chi connectivity index (χ1) is 9.34. The van der Waals surface area contributed by atoms with Gasteiger partial charge < -0.3 is 5.32 Å². The zero-order chi connectivity index (χ0) is 14.9. The fourth-order valence-corrected chi connectivity index (χ4v) is 2.26. The van der Waals surface area contributed by atoms with Crippen LogP contribution >= 0.6 is 0 Å². The highest BCUT2D eigenvalue weighted by atomic mass is 19.1. The fourth-order valence-electron chi connectivity index (χ4n) is 2.26. The number of aromatic nitrogens is 1. The normalized spacial score (nSPS) is 11.9. The molecule has 2 rings (SSSR count). The molecular formula is C17H23FN2. The van der Waals surface area contributed by atoms with Gasteiger partial charge in [-0.1, -0.05) is 33.8 Å². The Morgan fingerprint density at radius 1 is 1.25 bits per heavy atom. The van der Waals surface area contributed by atoms with Crippen molar-refractivity contribution >= 4 is 16.6 Å². The van der Waals surface area contributed by atoms with Crippen molar-refractivity contribution in [2.24, 2.45) is 0 Å². The molecule has 0 saturated carbocycles. The van der Waals surface area contributed by atoms with Crippen LogP contribution in [0.3, 0.4) is 0 Å². The van der Waals surface area contributed by atoms with E-state index in [0.717, 1.165) is 35.3 Å². The minimum Gasteiger partial charge on any atom is -0.384 e. The van der Waals surface area contributed by atoms with Crippen molar-refractivity contribution in [1.29, 1.82) is 0 Å². The number of nitrogens with zero attached hydrogens (tertiary/aromatic N) is 1. The second kappa shape index (κ2) is 5.39. The number of halogens is 1. The number of benzene rings is 1. The second-order valence-corrected chi connectivity index (χ2v) is 6.32. The van der Waals surface area contributed by atoms with E-state index in [1.807, 2.05) is 13.0 Å². The molecule has 1 aromatic carbocycles. The van der Waals surface area contributed by atoms with Crippen molar-refractivity contribution < 1.29 is 4.39 Å². The fraction of sp³-hybridized carbons (Fsp3) is 0.471. The maximum absolute atomic E-state index is 14.1. The van der Waals surface area contributed by atoms with Crippen LogP contribution in [0.1, 0.15) is 45.4 Å². The maximum atomic E-state index is 14.1. The van der Waals surface area contributed by atoms with Crippen molar-refractivity contribution in [3.63, 3.8) is 0 Å². The molecule has 0 bridgehead atoms. The molecule has 0 atom stereocenters. The van der Waals surface area contributed by atoms with Crippen LogP contribution in [0.4, 0.5) is 10.1 Å². The van der Waals surface area contributed by atoms with Crippen LogP contribution in [0.5, 0.6) is 0 Å². The molecule has 0 unspecified atom stereocenters. The number of rotatable bonds is 3. The Balaban J connectivity index is 2.74. The van der Waals surface area contributed by atoms with Gasteiger partial charge in [-0.2, -0.15) is 0 Å². The summed E-state index contributed by atoms with van der Waals surface area (Å²) in [5, 5.41) is 4.31. The van der Waals surface area contributed by atoms with Gasteiger partial charge in [0.05, 0.1) is 0 Å². The van der Waals surface area contributed by atoms with E-state index in [-0.39, 0.29) is 11.2 Å². The Hall–Kier alpha value is -1.64. The Morgan fingerprint density at radius 2 is 1.95 bits per heavy atom. The van der Waals surface area contributed by atoms with Crippen LogP contribution in [0, 0.1) is 12.7 Å². The number of hydrogen-bond acceptors (Lipinski definition) is 2. The lowest BCUT2D eigenvalue weighted by Gasteiger charge is -2.21. The third kappa shape index (κ3) is 2.77. The van der Waals surface area contributed by atoms with E-state index in [1.165, 1.54) is 6.07 Å². The number of fused-ring (bicyclic) bond motifs is 1. The summed E-state index contributed by atoms with van der Waals surface area (Å²) in [7, 11) is 0. The van der Waals surface area contributed by atoms with E-state index in [4.69, 9.17) is 0 Å². The molecule has 0 amide bonds. The van der Waals surface area contributed by atoms with Gasteiger partial charge in [-0.15, -0.1) is 0 Å². The summed E-state index contributed by atoms with van der Waals surface area (Å²) >= 11 is 0. The molecule has 108 valence electrons. The van der Waals surface area contributed by atoms with Gasteiger partial charge in [-0.05, 0) is 31.0 Å². The van der Waals surface area contributed by atoms with Gasteiger partial charge in [0.1, 0.15) is 11.3 Å². The first kappa shape index (κ1) is 14.8. The lowest BCUT2D eigenvalue weighted by molar-refractivity contribution is 0.569. The molecule has 2 nitrogen and oxygen atoms in total. The lowest BCUT2D eigenvalue weighted by Crippen LogP contribution is -2.15. The molecular weight excluding hydrogens is 251 g/mol. The molecule has 0 spiro atoms. The van der Waals surface area contributed by atoms with E-state index in [1.54, 1.807) is 0 Å². The van der Waals surface area contributed by atoms with Crippen LogP contribution in [0.2, 0.25) is 0 Å². The van der Waals surface area contributed by atoms with Gasteiger partial charge in [0.25, 0.3) is 0 Å². The summed E-state index contributed by atoms with van der Waals surface area (Å²) in [5.41, 5.74) is 3.31. The quantitative estimate of drug-likeness (QED) is 0.869. The summed E-state index contributed by atoms with van der Waals surface area (Å²) < 4.78 is 14.1. The van der Waals surface area contributed by atoms with Crippen molar-refractivity contribution in [3.05, 3.63) is 35.3 Å². The number of hydrogen-bond donors (Lipinski definition) is 1. The first-order valence-corrected chi connectivity index (χ1v) is 7.18. The molecule has 0 aliphatic rings. The average molecular weight is 274 g/mol. The summed E-state index contributed by atoms with van der Waals surface area (Å²) in [5.74, 6) is -0.253. The zero-order valence-corrected chi connectivity index (χ0v) is 13.0. The average Bonchev–Trinajstić information content (AvgIpc) is 2.39. The van der Waals surface area contributed by atoms with Gasteiger partial charge in [-0.25, -0.2) is 9.37 Å². The Bertz CT molecular complexity index is 627. The molecule has 0 aliphatic carbocycles. The number of aryl methyl sites for hydroxylation is 1.